The van der Waals surface area contributed by atoms with Crippen LogP contribution < -0.4 is 10.1 Å². The summed E-state index contributed by atoms with van der Waals surface area (Å²) in [6.07, 6.45) is 0. The molecular formula is C19H21ClFN3O2. The number of amides is 2. The summed E-state index contributed by atoms with van der Waals surface area (Å²) in [5.74, 6) is 0.363. The van der Waals surface area contributed by atoms with E-state index in [1.165, 1.54) is 12.1 Å². The van der Waals surface area contributed by atoms with Gasteiger partial charge in [0, 0.05) is 38.4 Å². The molecule has 0 saturated carbocycles. The van der Waals surface area contributed by atoms with Gasteiger partial charge in [-0.2, -0.15) is 0 Å². The number of nitrogens with one attached hydrogen (secondary N) is 1. The number of carbonyl (C=O) groups excluding carboxylic acids is 1. The van der Waals surface area contributed by atoms with E-state index in [1.807, 2.05) is 18.2 Å². The normalized spacial score (nSPS) is 14.9. The van der Waals surface area contributed by atoms with E-state index in [0.717, 1.165) is 19.6 Å². The Labute approximate surface area is 157 Å². The summed E-state index contributed by atoms with van der Waals surface area (Å²) in [5.41, 5.74) is 0.590. The van der Waals surface area contributed by atoms with Gasteiger partial charge in [-0.25, -0.2) is 9.18 Å². The number of hydrogen-bond donors (Lipinski definition) is 1. The Hall–Kier alpha value is -2.31. The maximum Gasteiger partial charge on any atom is 0.321 e. The number of nitrogens with zero attached hydrogens (tertiary/aromatic N) is 2. The zero-order chi connectivity index (χ0) is 18.4. The highest BCUT2D eigenvalue weighted by Gasteiger charge is 2.21. The summed E-state index contributed by atoms with van der Waals surface area (Å²) in [7, 11) is 0. The predicted molar refractivity (Wildman–Crippen MR) is 100 cm³/mol. The van der Waals surface area contributed by atoms with Crippen molar-refractivity contribution in [2.24, 2.45) is 0 Å². The fourth-order valence-electron chi connectivity index (χ4n) is 2.76. The molecule has 0 aliphatic carbocycles. The quantitative estimate of drug-likeness (QED) is 0.864. The molecular weight excluding hydrogens is 357 g/mol. The summed E-state index contributed by atoms with van der Waals surface area (Å²) in [5, 5.41) is 3.39. The van der Waals surface area contributed by atoms with E-state index < -0.39 is 0 Å². The van der Waals surface area contributed by atoms with Gasteiger partial charge in [-0.15, -0.1) is 0 Å². The third-order valence-corrected chi connectivity index (χ3v) is 4.57. The summed E-state index contributed by atoms with van der Waals surface area (Å²) in [6, 6.07) is 13.0. The number of carbonyl (C=O) groups is 1. The number of halogens is 2. The zero-order valence-corrected chi connectivity index (χ0v) is 15.1. The molecule has 7 heteroatoms. The molecule has 0 unspecified atom stereocenters. The lowest BCUT2D eigenvalue weighted by atomic mass is 10.3. The Kier molecular flexibility index (Phi) is 6.30. The maximum absolute atomic E-state index is 12.9. The predicted octanol–water partition coefficient (Wildman–Crippen LogP) is 3.71. The molecule has 0 bridgehead atoms. The van der Waals surface area contributed by atoms with Crippen molar-refractivity contribution in [2.45, 2.75) is 0 Å². The molecule has 1 aliphatic rings. The zero-order valence-electron chi connectivity index (χ0n) is 14.3. The van der Waals surface area contributed by atoms with Gasteiger partial charge in [-0.3, -0.25) is 4.90 Å². The Bertz CT molecular complexity index is 734. The average Bonchev–Trinajstić information content (AvgIpc) is 2.66. The molecule has 1 heterocycles. The van der Waals surface area contributed by atoms with E-state index in [-0.39, 0.29) is 11.8 Å². The first-order valence-electron chi connectivity index (χ1n) is 8.53. The number of anilines is 1. The van der Waals surface area contributed by atoms with Gasteiger partial charge >= 0.3 is 6.03 Å². The molecule has 0 aromatic heterocycles. The molecule has 0 radical (unpaired) electrons. The van der Waals surface area contributed by atoms with E-state index in [2.05, 4.69) is 10.2 Å². The topological polar surface area (TPSA) is 44.8 Å². The molecule has 1 N–H and O–H groups in total. The fraction of sp³-hybridized carbons (Fsp3) is 0.316. The Morgan fingerprint density at radius 2 is 1.77 bits per heavy atom. The Morgan fingerprint density at radius 1 is 1.08 bits per heavy atom. The molecule has 3 rings (SSSR count). The molecule has 2 amide bonds. The van der Waals surface area contributed by atoms with Crippen LogP contribution in [0.15, 0.2) is 48.5 Å². The van der Waals surface area contributed by atoms with Crippen LogP contribution in [0.25, 0.3) is 0 Å². The van der Waals surface area contributed by atoms with Crippen LogP contribution in [0.5, 0.6) is 5.75 Å². The molecule has 1 fully saturated rings. The van der Waals surface area contributed by atoms with Crippen molar-refractivity contribution in [3.05, 3.63) is 59.4 Å². The molecule has 1 aliphatic heterocycles. The van der Waals surface area contributed by atoms with Gasteiger partial charge in [0.1, 0.15) is 18.2 Å². The van der Waals surface area contributed by atoms with E-state index in [0.29, 0.717) is 36.2 Å². The van der Waals surface area contributed by atoms with Crippen molar-refractivity contribution < 1.29 is 13.9 Å². The van der Waals surface area contributed by atoms with Gasteiger partial charge in [0.05, 0.1) is 5.02 Å². The third-order valence-electron chi connectivity index (χ3n) is 4.26. The van der Waals surface area contributed by atoms with Gasteiger partial charge in [0.15, 0.2) is 0 Å². The van der Waals surface area contributed by atoms with Crippen molar-refractivity contribution >= 4 is 23.3 Å². The van der Waals surface area contributed by atoms with Crippen LogP contribution >= 0.6 is 11.6 Å². The maximum atomic E-state index is 12.9. The van der Waals surface area contributed by atoms with Crippen molar-refractivity contribution in [2.75, 3.05) is 44.6 Å². The van der Waals surface area contributed by atoms with Crippen LogP contribution in [-0.2, 0) is 0 Å². The molecule has 5 nitrogen and oxygen atoms in total. The smallest absolute Gasteiger partial charge is 0.321 e. The lowest BCUT2D eigenvalue weighted by molar-refractivity contribution is 0.132. The van der Waals surface area contributed by atoms with E-state index in [4.69, 9.17) is 16.3 Å². The molecule has 138 valence electrons. The molecule has 0 spiro atoms. The van der Waals surface area contributed by atoms with Crippen molar-refractivity contribution in [3.63, 3.8) is 0 Å². The van der Waals surface area contributed by atoms with Crippen molar-refractivity contribution in [3.8, 4) is 5.75 Å². The molecule has 2 aromatic carbocycles. The second-order valence-electron chi connectivity index (χ2n) is 6.04. The van der Waals surface area contributed by atoms with Gasteiger partial charge in [-0.05, 0) is 36.4 Å². The van der Waals surface area contributed by atoms with E-state index >= 15 is 0 Å². The summed E-state index contributed by atoms with van der Waals surface area (Å²) in [4.78, 5) is 16.3. The first-order chi connectivity index (χ1) is 12.6. The number of benzene rings is 2. The summed E-state index contributed by atoms with van der Waals surface area (Å²) >= 11 is 6.06. The largest absolute Gasteiger partial charge is 0.491 e. The first kappa shape index (κ1) is 18.5. The molecule has 0 atom stereocenters. The lowest BCUT2D eigenvalue weighted by Gasteiger charge is -2.34. The monoisotopic (exact) mass is 377 g/mol. The summed E-state index contributed by atoms with van der Waals surface area (Å²) in [6.45, 7) is 4.16. The lowest BCUT2D eigenvalue weighted by Crippen LogP contribution is -2.50. The number of ether oxygens (including phenoxy) is 1. The van der Waals surface area contributed by atoms with Crippen LogP contribution in [0.1, 0.15) is 0 Å². The number of urea groups is 1. The second-order valence-corrected chi connectivity index (χ2v) is 6.45. The van der Waals surface area contributed by atoms with E-state index in [9.17, 15) is 9.18 Å². The summed E-state index contributed by atoms with van der Waals surface area (Å²) < 4.78 is 18.6. The van der Waals surface area contributed by atoms with Crippen molar-refractivity contribution in [1.82, 2.24) is 9.80 Å². The van der Waals surface area contributed by atoms with Crippen LogP contribution in [0, 0.1) is 5.82 Å². The van der Waals surface area contributed by atoms with Gasteiger partial charge in [0.2, 0.25) is 0 Å². The minimum Gasteiger partial charge on any atom is -0.491 e. The molecule has 26 heavy (non-hydrogen) atoms. The molecule has 1 saturated heterocycles. The number of para-hydroxylation sites is 1. The average molecular weight is 378 g/mol. The fourth-order valence-corrected chi connectivity index (χ4v) is 2.95. The highest BCUT2D eigenvalue weighted by molar-refractivity contribution is 6.32. The van der Waals surface area contributed by atoms with Crippen molar-refractivity contribution in [1.29, 1.82) is 0 Å². The van der Waals surface area contributed by atoms with Crippen LogP contribution in [0.3, 0.4) is 0 Å². The highest BCUT2D eigenvalue weighted by Crippen LogP contribution is 2.22. The van der Waals surface area contributed by atoms with Crippen LogP contribution in [0.4, 0.5) is 14.9 Å². The number of piperazine rings is 1. The Balaban J connectivity index is 1.39. The minimum absolute atomic E-state index is 0.163. The molecule has 2 aromatic rings. The Morgan fingerprint density at radius 3 is 2.46 bits per heavy atom. The van der Waals surface area contributed by atoms with Crippen LogP contribution in [0.2, 0.25) is 5.02 Å². The third kappa shape index (κ3) is 5.09. The number of hydrogen-bond acceptors (Lipinski definition) is 3. The second kappa shape index (κ2) is 8.87. The minimum atomic E-state index is -0.323. The highest BCUT2D eigenvalue weighted by atomic mass is 35.5. The van der Waals surface area contributed by atoms with Gasteiger partial charge < -0.3 is 15.0 Å². The van der Waals surface area contributed by atoms with Gasteiger partial charge in [0.25, 0.3) is 0 Å². The number of rotatable bonds is 5. The standard InChI is InChI=1S/C19H21ClFN3O2/c20-17-3-1-2-4-18(17)26-14-13-23-9-11-24(12-10-23)19(25)22-16-7-5-15(21)6-8-16/h1-8H,9-14H2,(H,22,25). The van der Waals surface area contributed by atoms with E-state index in [1.54, 1.807) is 23.1 Å². The van der Waals surface area contributed by atoms with Gasteiger partial charge in [-0.1, -0.05) is 23.7 Å². The SMILES string of the molecule is O=C(Nc1ccc(F)cc1)N1CCN(CCOc2ccccc2Cl)CC1. The first-order valence-corrected chi connectivity index (χ1v) is 8.91. The van der Waals surface area contributed by atoms with Crippen LogP contribution in [-0.4, -0.2) is 55.2 Å².